The van der Waals surface area contributed by atoms with Gasteiger partial charge in [-0.1, -0.05) is 17.7 Å². The average Bonchev–Trinajstić information content (AvgIpc) is 3.36. The van der Waals surface area contributed by atoms with Gasteiger partial charge in [-0.3, -0.25) is 9.20 Å². The fraction of sp³-hybridized carbons (Fsp3) is 0.250. The van der Waals surface area contributed by atoms with E-state index >= 15 is 0 Å². The van der Waals surface area contributed by atoms with E-state index in [2.05, 4.69) is 15.2 Å². The van der Waals surface area contributed by atoms with Crippen LogP contribution >= 0.6 is 11.6 Å². The molecule has 3 N–H and O–H groups in total. The van der Waals surface area contributed by atoms with Crippen LogP contribution in [0.1, 0.15) is 29.6 Å². The normalized spacial score (nSPS) is 16.2. The highest BCUT2D eigenvalue weighted by Gasteiger charge is 2.48. The predicted octanol–water partition coefficient (Wildman–Crippen LogP) is 5.52. The minimum atomic E-state index is -1.28. The summed E-state index contributed by atoms with van der Waals surface area (Å²) in [6.07, 6.45) is 6.84. The van der Waals surface area contributed by atoms with Crippen LogP contribution in [0.15, 0.2) is 47.5 Å². The third kappa shape index (κ3) is 3.24. The third-order valence-corrected chi connectivity index (χ3v) is 8.51. The molecule has 1 spiro atoms. The number of aromatic amines is 1. The van der Waals surface area contributed by atoms with Gasteiger partial charge < -0.3 is 20.3 Å². The zero-order chi connectivity index (χ0) is 26.3. The number of rotatable bonds is 4. The van der Waals surface area contributed by atoms with Crippen molar-refractivity contribution in [2.45, 2.75) is 19.3 Å². The second-order valence-corrected chi connectivity index (χ2v) is 10.7. The van der Waals surface area contributed by atoms with Crippen molar-refractivity contribution in [2.24, 2.45) is 5.41 Å². The minimum Gasteiger partial charge on any atom is -0.477 e. The Morgan fingerprint density at radius 3 is 2.71 bits per heavy atom. The van der Waals surface area contributed by atoms with Crippen molar-refractivity contribution in [1.29, 1.82) is 0 Å². The summed E-state index contributed by atoms with van der Waals surface area (Å²) in [7, 11) is 1.73. The Bertz CT molecular complexity index is 1890. The van der Waals surface area contributed by atoms with Crippen LogP contribution in [0, 0.1) is 11.2 Å². The molecule has 4 aromatic heterocycles. The summed E-state index contributed by atoms with van der Waals surface area (Å²) in [6.45, 7) is 1.70. The van der Waals surface area contributed by atoms with Gasteiger partial charge in [0.05, 0.1) is 27.3 Å². The van der Waals surface area contributed by atoms with Crippen LogP contribution < -0.4 is 15.8 Å². The Hall–Kier alpha value is -4.11. The van der Waals surface area contributed by atoms with Crippen LogP contribution in [0.5, 0.6) is 0 Å². The summed E-state index contributed by atoms with van der Waals surface area (Å²) in [4.78, 5) is 34.9. The molecule has 8 nitrogen and oxygen atoms in total. The van der Waals surface area contributed by atoms with Crippen molar-refractivity contribution in [2.75, 3.05) is 30.4 Å². The molecule has 1 aromatic carbocycles. The highest BCUT2D eigenvalue weighted by atomic mass is 35.5. The molecule has 1 saturated heterocycles. The number of halogens is 2. The Morgan fingerprint density at radius 1 is 1.21 bits per heavy atom. The number of pyridine rings is 3. The lowest BCUT2D eigenvalue weighted by molar-refractivity contribution is 0.0694. The fourth-order valence-electron chi connectivity index (χ4n) is 5.91. The molecule has 7 rings (SSSR count). The number of anilines is 2. The molecule has 0 atom stereocenters. The molecular formula is C28H23ClFN5O3. The van der Waals surface area contributed by atoms with E-state index in [9.17, 15) is 19.1 Å². The van der Waals surface area contributed by atoms with Gasteiger partial charge in [0.1, 0.15) is 17.0 Å². The number of nitrogens with zero attached hydrogens (tertiary/aromatic N) is 3. The average molecular weight is 532 g/mol. The standard InChI is InChI=1S/C28H23ClFN5O3/c1-31-19-10-18(30)22(29)20-21-24(34-9-8-28(13-34)6-7-28)17(11-32-25(21)33-23(19)20)14-2-3-15-4-5-16(27(37)38)26(36)35(15)12-14/h2-5,10-12,31H,6-9,13H2,1H3,(H,32,33)(H,37,38). The first-order valence-corrected chi connectivity index (χ1v) is 12.8. The summed E-state index contributed by atoms with van der Waals surface area (Å²) in [6, 6.07) is 7.96. The van der Waals surface area contributed by atoms with Crippen molar-refractivity contribution in [3.8, 4) is 11.1 Å². The number of hydrogen-bond donors (Lipinski definition) is 3. The van der Waals surface area contributed by atoms with E-state index in [1.54, 1.807) is 31.6 Å². The van der Waals surface area contributed by atoms with Gasteiger partial charge in [-0.25, -0.2) is 14.2 Å². The molecule has 2 aliphatic rings. The molecule has 1 aliphatic heterocycles. The topological polar surface area (TPSA) is 103 Å². The van der Waals surface area contributed by atoms with E-state index in [1.165, 1.54) is 29.4 Å². The van der Waals surface area contributed by atoms with Gasteiger partial charge in [0.25, 0.3) is 5.56 Å². The number of benzene rings is 1. The molecule has 192 valence electrons. The van der Waals surface area contributed by atoms with Crippen LogP contribution in [0.4, 0.5) is 15.8 Å². The van der Waals surface area contributed by atoms with Crippen LogP contribution in [0.25, 0.3) is 38.6 Å². The van der Waals surface area contributed by atoms with Gasteiger partial charge in [0, 0.05) is 60.6 Å². The molecule has 0 radical (unpaired) electrons. The maximum Gasteiger partial charge on any atom is 0.341 e. The molecular weight excluding hydrogens is 509 g/mol. The highest BCUT2D eigenvalue weighted by Crippen LogP contribution is 2.55. The quantitative estimate of drug-likeness (QED) is 0.282. The van der Waals surface area contributed by atoms with Gasteiger partial charge >= 0.3 is 5.97 Å². The van der Waals surface area contributed by atoms with Gasteiger partial charge in [0.2, 0.25) is 0 Å². The smallest absolute Gasteiger partial charge is 0.341 e. The number of aromatic nitrogens is 3. The van der Waals surface area contributed by atoms with E-state index in [1.807, 2.05) is 6.07 Å². The van der Waals surface area contributed by atoms with Crippen molar-refractivity contribution in [1.82, 2.24) is 14.4 Å². The lowest BCUT2D eigenvalue weighted by Gasteiger charge is -2.24. The number of aromatic carboxylic acids is 1. The molecule has 0 unspecified atom stereocenters. The largest absolute Gasteiger partial charge is 0.477 e. The maximum atomic E-state index is 15.0. The zero-order valence-electron chi connectivity index (χ0n) is 20.4. The lowest BCUT2D eigenvalue weighted by atomic mass is 10.0. The van der Waals surface area contributed by atoms with Gasteiger partial charge in [0.15, 0.2) is 0 Å². The van der Waals surface area contributed by atoms with Crippen molar-refractivity contribution in [3.05, 3.63) is 69.5 Å². The molecule has 0 amide bonds. The molecule has 5 heterocycles. The Balaban J connectivity index is 1.56. The van der Waals surface area contributed by atoms with Gasteiger partial charge in [-0.15, -0.1) is 0 Å². The van der Waals surface area contributed by atoms with E-state index in [-0.39, 0.29) is 10.6 Å². The van der Waals surface area contributed by atoms with Crippen LogP contribution in [-0.2, 0) is 0 Å². The van der Waals surface area contributed by atoms with Crippen molar-refractivity contribution >= 4 is 56.4 Å². The first-order valence-electron chi connectivity index (χ1n) is 12.4. The predicted molar refractivity (Wildman–Crippen MR) is 146 cm³/mol. The number of carboxylic acids is 1. The lowest BCUT2D eigenvalue weighted by Crippen LogP contribution is -2.22. The van der Waals surface area contributed by atoms with E-state index in [4.69, 9.17) is 16.6 Å². The van der Waals surface area contributed by atoms with Crippen molar-refractivity contribution < 1.29 is 14.3 Å². The second kappa shape index (κ2) is 7.94. The Morgan fingerprint density at radius 2 is 2.00 bits per heavy atom. The summed E-state index contributed by atoms with van der Waals surface area (Å²) in [5, 5.41) is 13.8. The molecule has 0 bridgehead atoms. The molecule has 10 heteroatoms. The van der Waals surface area contributed by atoms with Crippen molar-refractivity contribution in [3.63, 3.8) is 0 Å². The monoisotopic (exact) mass is 531 g/mol. The summed E-state index contributed by atoms with van der Waals surface area (Å²) in [5.41, 5.74) is 4.13. The van der Waals surface area contributed by atoms with E-state index < -0.39 is 17.3 Å². The summed E-state index contributed by atoms with van der Waals surface area (Å²) in [5.74, 6) is -1.81. The second-order valence-electron chi connectivity index (χ2n) is 10.3. The number of nitrogens with one attached hydrogen (secondary N) is 2. The maximum absolute atomic E-state index is 15.0. The van der Waals surface area contributed by atoms with Crippen LogP contribution in [0.3, 0.4) is 0 Å². The molecule has 1 aliphatic carbocycles. The number of hydrogen-bond acceptors (Lipinski definition) is 5. The summed E-state index contributed by atoms with van der Waals surface area (Å²) >= 11 is 6.60. The Kier molecular flexibility index (Phi) is 4.82. The first kappa shape index (κ1) is 23.0. The van der Waals surface area contributed by atoms with Crippen LogP contribution in [-0.4, -0.2) is 45.6 Å². The molecule has 38 heavy (non-hydrogen) atoms. The van der Waals surface area contributed by atoms with E-state index in [0.717, 1.165) is 36.1 Å². The molecule has 2 fully saturated rings. The highest BCUT2D eigenvalue weighted by molar-refractivity contribution is 6.39. The van der Waals surface area contributed by atoms with E-state index in [0.29, 0.717) is 38.7 Å². The van der Waals surface area contributed by atoms with Gasteiger partial charge in [-0.2, -0.15) is 0 Å². The molecule has 5 aromatic rings. The zero-order valence-corrected chi connectivity index (χ0v) is 21.2. The number of fused-ring (bicyclic) bond motifs is 4. The number of carbonyl (C=O) groups is 1. The number of carboxylic acid groups (broad SMARTS) is 1. The fourth-order valence-corrected chi connectivity index (χ4v) is 6.15. The number of H-pyrrole nitrogens is 1. The Labute approximate surface area is 220 Å². The summed E-state index contributed by atoms with van der Waals surface area (Å²) < 4.78 is 16.3. The minimum absolute atomic E-state index is 0.0200. The van der Waals surface area contributed by atoms with Gasteiger partial charge in [-0.05, 0) is 42.9 Å². The SMILES string of the molecule is CNc1cc(F)c(Cl)c2c1[nH]c1ncc(-c3ccc4ccc(C(=O)O)c(=O)n4c3)c(N3CCC4(CC4)C3)c12. The third-order valence-electron chi connectivity index (χ3n) is 8.14. The van der Waals surface area contributed by atoms with Crippen LogP contribution in [0.2, 0.25) is 5.02 Å². The first-order chi connectivity index (χ1) is 18.3. The molecule has 1 saturated carbocycles.